The van der Waals surface area contributed by atoms with Crippen molar-refractivity contribution in [2.75, 3.05) is 13.2 Å². The lowest BCUT2D eigenvalue weighted by atomic mass is 10.0. The van der Waals surface area contributed by atoms with E-state index in [4.69, 9.17) is 18.9 Å². The molecule has 0 radical (unpaired) electrons. The Bertz CT molecular complexity index is 273. The number of hydrogen-bond acceptors (Lipinski definition) is 6. The Balaban J connectivity index is 2.15. The van der Waals surface area contributed by atoms with Crippen LogP contribution in [-0.4, -0.2) is 59.4 Å². The molecule has 4 unspecified atom stereocenters. The molecule has 2 aliphatic heterocycles. The number of aliphatic hydroxyl groups excluding tert-OH is 2. The molecule has 6 heteroatoms. The van der Waals surface area contributed by atoms with Gasteiger partial charge in [0.15, 0.2) is 11.6 Å². The van der Waals surface area contributed by atoms with Crippen molar-refractivity contribution in [2.45, 2.75) is 63.7 Å². The van der Waals surface area contributed by atoms with Crippen LogP contribution in [0.2, 0.25) is 0 Å². The van der Waals surface area contributed by atoms with E-state index >= 15 is 0 Å². The van der Waals surface area contributed by atoms with E-state index in [2.05, 4.69) is 0 Å². The molecule has 0 amide bonds. The first-order chi connectivity index (χ1) is 8.28. The second kappa shape index (κ2) is 4.70. The maximum Gasteiger partial charge on any atom is 0.164 e. The van der Waals surface area contributed by atoms with Crippen LogP contribution in [0.15, 0.2) is 0 Å². The van der Waals surface area contributed by atoms with Crippen LogP contribution < -0.4 is 0 Å². The zero-order valence-electron chi connectivity index (χ0n) is 11.3. The zero-order chi connectivity index (χ0) is 13.6. The second-order valence-corrected chi connectivity index (χ2v) is 5.64. The van der Waals surface area contributed by atoms with E-state index < -0.39 is 36.0 Å². The summed E-state index contributed by atoms with van der Waals surface area (Å²) in [5, 5.41) is 18.7. The van der Waals surface area contributed by atoms with Gasteiger partial charge in [-0.25, -0.2) is 0 Å². The van der Waals surface area contributed by atoms with Crippen LogP contribution in [0, 0.1) is 0 Å². The summed E-state index contributed by atoms with van der Waals surface area (Å²) in [6, 6.07) is 0. The molecule has 0 aromatic rings. The van der Waals surface area contributed by atoms with Crippen LogP contribution in [0.1, 0.15) is 27.7 Å². The van der Waals surface area contributed by atoms with E-state index in [0.717, 1.165) is 0 Å². The highest BCUT2D eigenvalue weighted by Crippen LogP contribution is 2.38. The summed E-state index contributed by atoms with van der Waals surface area (Å²) in [6.45, 7) is 6.81. The Kier molecular flexibility index (Phi) is 3.70. The predicted octanol–water partition coefficient (Wildman–Crippen LogP) is 0.0112. The SMILES string of the molecule is CC1(C)OC(CO)C(C2OC(C)(C)OC2CO)O1. The van der Waals surface area contributed by atoms with E-state index in [1.54, 1.807) is 27.7 Å². The minimum absolute atomic E-state index is 0.160. The standard InChI is InChI=1S/C12H22O6/c1-11(2)15-7(5-13)9(17-11)10-8(6-14)16-12(3,4)18-10/h7-10,13-14H,5-6H2,1-4H3. The molecule has 0 aromatic carbocycles. The van der Waals surface area contributed by atoms with Crippen molar-refractivity contribution in [1.82, 2.24) is 0 Å². The van der Waals surface area contributed by atoms with Crippen molar-refractivity contribution in [3.63, 3.8) is 0 Å². The zero-order valence-corrected chi connectivity index (χ0v) is 11.3. The second-order valence-electron chi connectivity index (χ2n) is 5.64. The summed E-state index contributed by atoms with van der Waals surface area (Å²) in [5.74, 6) is -1.54. The van der Waals surface area contributed by atoms with Gasteiger partial charge in [-0.2, -0.15) is 0 Å². The fourth-order valence-electron chi connectivity index (χ4n) is 2.57. The molecule has 2 fully saturated rings. The van der Waals surface area contributed by atoms with Gasteiger partial charge in [-0.05, 0) is 27.7 Å². The molecular formula is C12H22O6. The molecule has 2 heterocycles. The number of ether oxygens (including phenoxy) is 4. The van der Waals surface area contributed by atoms with E-state index in [-0.39, 0.29) is 13.2 Å². The topological polar surface area (TPSA) is 77.4 Å². The van der Waals surface area contributed by atoms with Crippen molar-refractivity contribution in [2.24, 2.45) is 0 Å². The average molecular weight is 262 g/mol. The Hall–Kier alpha value is -0.240. The lowest BCUT2D eigenvalue weighted by molar-refractivity contribution is -0.175. The first kappa shape index (κ1) is 14.2. The monoisotopic (exact) mass is 262 g/mol. The van der Waals surface area contributed by atoms with Crippen LogP contribution in [0.3, 0.4) is 0 Å². The lowest BCUT2D eigenvalue weighted by Gasteiger charge is -2.24. The third-order valence-corrected chi connectivity index (χ3v) is 3.13. The highest BCUT2D eigenvalue weighted by molar-refractivity contribution is 4.94. The smallest absolute Gasteiger partial charge is 0.164 e. The molecule has 2 rings (SSSR count). The molecule has 2 saturated heterocycles. The van der Waals surface area contributed by atoms with Gasteiger partial charge in [0.1, 0.15) is 24.4 Å². The van der Waals surface area contributed by atoms with Gasteiger partial charge in [0, 0.05) is 0 Å². The number of rotatable bonds is 3. The van der Waals surface area contributed by atoms with Crippen molar-refractivity contribution in [1.29, 1.82) is 0 Å². The largest absolute Gasteiger partial charge is 0.394 e. The molecule has 0 aliphatic carbocycles. The van der Waals surface area contributed by atoms with Crippen LogP contribution in [0.4, 0.5) is 0 Å². The fraction of sp³-hybridized carbons (Fsp3) is 1.00. The highest BCUT2D eigenvalue weighted by Gasteiger charge is 2.53. The van der Waals surface area contributed by atoms with Gasteiger partial charge >= 0.3 is 0 Å². The quantitative estimate of drug-likeness (QED) is 0.746. The molecule has 4 atom stereocenters. The van der Waals surface area contributed by atoms with E-state index in [1.165, 1.54) is 0 Å². The Labute approximate surface area is 107 Å². The lowest BCUT2D eigenvalue weighted by Crippen LogP contribution is -2.44. The molecule has 106 valence electrons. The maximum absolute atomic E-state index is 9.35. The first-order valence-corrected chi connectivity index (χ1v) is 6.21. The van der Waals surface area contributed by atoms with Crippen LogP contribution in [0.5, 0.6) is 0 Å². The molecule has 6 nitrogen and oxygen atoms in total. The van der Waals surface area contributed by atoms with E-state index in [9.17, 15) is 10.2 Å². The number of hydrogen-bond donors (Lipinski definition) is 2. The predicted molar refractivity (Wildman–Crippen MR) is 61.8 cm³/mol. The summed E-state index contributed by atoms with van der Waals surface area (Å²) in [5.41, 5.74) is 0. The Morgan fingerprint density at radius 3 is 1.33 bits per heavy atom. The maximum atomic E-state index is 9.35. The Morgan fingerprint density at radius 1 is 0.722 bits per heavy atom. The number of aliphatic hydroxyl groups is 2. The molecule has 0 aromatic heterocycles. The summed E-state index contributed by atoms with van der Waals surface area (Å²) >= 11 is 0. The molecule has 0 bridgehead atoms. The minimum Gasteiger partial charge on any atom is -0.394 e. The van der Waals surface area contributed by atoms with Crippen molar-refractivity contribution >= 4 is 0 Å². The van der Waals surface area contributed by atoms with Gasteiger partial charge in [-0.1, -0.05) is 0 Å². The van der Waals surface area contributed by atoms with Crippen LogP contribution in [0.25, 0.3) is 0 Å². The van der Waals surface area contributed by atoms with Crippen molar-refractivity contribution in [3.05, 3.63) is 0 Å². The first-order valence-electron chi connectivity index (χ1n) is 6.21. The van der Waals surface area contributed by atoms with Gasteiger partial charge in [-0.15, -0.1) is 0 Å². The van der Waals surface area contributed by atoms with Crippen LogP contribution in [-0.2, 0) is 18.9 Å². The summed E-state index contributed by atoms with van der Waals surface area (Å²) in [7, 11) is 0. The molecule has 0 saturated carbocycles. The van der Waals surface area contributed by atoms with Gasteiger partial charge < -0.3 is 29.2 Å². The van der Waals surface area contributed by atoms with Gasteiger partial charge in [-0.3, -0.25) is 0 Å². The Morgan fingerprint density at radius 2 is 1.06 bits per heavy atom. The highest BCUT2D eigenvalue weighted by atomic mass is 16.8. The molecule has 18 heavy (non-hydrogen) atoms. The van der Waals surface area contributed by atoms with Gasteiger partial charge in [0.2, 0.25) is 0 Å². The third kappa shape index (κ3) is 2.68. The summed E-state index contributed by atoms with van der Waals surface area (Å²) in [4.78, 5) is 0. The molecule has 0 spiro atoms. The molecule has 2 aliphatic rings. The molecule has 2 N–H and O–H groups in total. The van der Waals surface area contributed by atoms with Crippen molar-refractivity contribution in [3.8, 4) is 0 Å². The van der Waals surface area contributed by atoms with E-state index in [0.29, 0.717) is 0 Å². The summed E-state index contributed by atoms with van der Waals surface area (Å²) < 4.78 is 22.7. The third-order valence-electron chi connectivity index (χ3n) is 3.13. The fourth-order valence-corrected chi connectivity index (χ4v) is 2.57. The van der Waals surface area contributed by atoms with E-state index in [1.807, 2.05) is 0 Å². The van der Waals surface area contributed by atoms with Crippen molar-refractivity contribution < 1.29 is 29.2 Å². The molecular weight excluding hydrogens is 240 g/mol. The van der Waals surface area contributed by atoms with Gasteiger partial charge in [0.25, 0.3) is 0 Å². The minimum atomic E-state index is -0.770. The average Bonchev–Trinajstić information content (AvgIpc) is 2.74. The summed E-state index contributed by atoms with van der Waals surface area (Å²) in [6.07, 6.45) is -1.86. The van der Waals surface area contributed by atoms with Gasteiger partial charge in [0.05, 0.1) is 13.2 Å². The normalized spacial score (nSPS) is 42.3. The van der Waals surface area contributed by atoms with Crippen LogP contribution >= 0.6 is 0 Å².